The SMILES string of the molecule is C=C(C)c1ccc(CC)cc1.CC.CCCN(C)C. The number of rotatable bonds is 4. The van der Waals surface area contributed by atoms with Gasteiger partial charge in [0.25, 0.3) is 0 Å². The average Bonchev–Trinajstić information content (AvgIpc) is 2.41. The first-order valence-electron chi connectivity index (χ1n) is 7.40. The summed E-state index contributed by atoms with van der Waals surface area (Å²) in [5, 5.41) is 0. The Bertz CT molecular complexity index is 309. The highest BCUT2D eigenvalue weighted by Crippen LogP contribution is 2.12. The summed E-state index contributed by atoms with van der Waals surface area (Å²) in [6, 6.07) is 8.57. The fourth-order valence-corrected chi connectivity index (χ4v) is 1.47. The molecule has 0 unspecified atom stereocenters. The predicted octanol–water partition coefficient (Wildman–Crippen LogP) is 5.27. The molecule has 1 heteroatoms. The molecule has 0 radical (unpaired) electrons. The molecule has 0 spiro atoms. The van der Waals surface area contributed by atoms with Crippen molar-refractivity contribution in [1.82, 2.24) is 4.90 Å². The van der Waals surface area contributed by atoms with Gasteiger partial charge in [0, 0.05) is 0 Å². The molecule has 0 fully saturated rings. The van der Waals surface area contributed by atoms with Gasteiger partial charge in [-0.15, -0.1) is 0 Å². The fourth-order valence-electron chi connectivity index (χ4n) is 1.47. The van der Waals surface area contributed by atoms with Gasteiger partial charge in [0.05, 0.1) is 0 Å². The topological polar surface area (TPSA) is 3.24 Å². The molecular formula is C18H33N. The summed E-state index contributed by atoms with van der Waals surface area (Å²) in [7, 11) is 4.17. The molecule has 1 nitrogen and oxygen atoms in total. The maximum Gasteiger partial charge on any atom is -0.00275 e. The van der Waals surface area contributed by atoms with Gasteiger partial charge in [-0.2, -0.15) is 0 Å². The van der Waals surface area contributed by atoms with Crippen molar-refractivity contribution in [3.8, 4) is 0 Å². The van der Waals surface area contributed by atoms with Crippen LogP contribution in [0.4, 0.5) is 0 Å². The predicted molar refractivity (Wildman–Crippen MR) is 90.7 cm³/mol. The zero-order valence-corrected chi connectivity index (χ0v) is 14.1. The van der Waals surface area contributed by atoms with E-state index in [0.29, 0.717) is 0 Å². The van der Waals surface area contributed by atoms with Crippen molar-refractivity contribution in [2.45, 2.75) is 47.5 Å². The second kappa shape index (κ2) is 13.4. The lowest BCUT2D eigenvalue weighted by Crippen LogP contribution is -2.11. The van der Waals surface area contributed by atoms with Crippen LogP contribution in [0, 0.1) is 0 Å². The first-order chi connectivity index (χ1) is 9.01. The lowest BCUT2D eigenvalue weighted by atomic mass is 10.1. The average molecular weight is 263 g/mol. The van der Waals surface area contributed by atoms with Gasteiger partial charge in [-0.3, -0.25) is 0 Å². The Labute approximate surface area is 121 Å². The van der Waals surface area contributed by atoms with Crippen molar-refractivity contribution in [2.24, 2.45) is 0 Å². The van der Waals surface area contributed by atoms with Crippen LogP contribution in [-0.2, 0) is 6.42 Å². The zero-order valence-electron chi connectivity index (χ0n) is 14.1. The molecule has 0 bridgehead atoms. The van der Waals surface area contributed by atoms with Crippen molar-refractivity contribution in [1.29, 1.82) is 0 Å². The smallest absolute Gasteiger partial charge is 0.00275 e. The largest absolute Gasteiger partial charge is 0.309 e. The molecule has 0 N–H and O–H groups in total. The number of hydrogen-bond acceptors (Lipinski definition) is 1. The van der Waals surface area contributed by atoms with E-state index < -0.39 is 0 Å². The Balaban J connectivity index is 0. The summed E-state index contributed by atoms with van der Waals surface area (Å²) < 4.78 is 0. The molecule has 110 valence electrons. The van der Waals surface area contributed by atoms with Gasteiger partial charge < -0.3 is 4.90 Å². The molecule has 0 atom stereocenters. The summed E-state index contributed by atoms with van der Waals surface area (Å²) >= 11 is 0. The Morgan fingerprint density at radius 2 is 1.53 bits per heavy atom. The van der Waals surface area contributed by atoms with E-state index in [-0.39, 0.29) is 0 Å². The van der Waals surface area contributed by atoms with E-state index in [1.807, 2.05) is 20.8 Å². The van der Waals surface area contributed by atoms with Gasteiger partial charge in [-0.1, -0.05) is 64.1 Å². The van der Waals surface area contributed by atoms with E-state index in [1.165, 1.54) is 24.1 Å². The van der Waals surface area contributed by atoms with Crippen molar-refractivity contribution in [3.63, 3.8) is 0 Å². The standard InChI is InChI=1S/C11H14.C5H13N.C2H6/c1-4-10-5-7-11(8-6-10)9(2)3;1-4-5-6(2)3;1-2/h5-8H,2,4H2,1,3H3;4-5H2,1-3H3;1-2H3. The Morgan fingerprint density at radius 1 is 1.05 bits per heavy atom. The minimum absolute atomic E-state index is 1.11. The molecule has 1 aromatic carbocycles. The summed E-state index contributed by atoms with van der Waals surface area (Å²) in [4.78, 5) is 2.18. The van der Waals surface area contributed by atoms with Gasteiger partial charge >= 0.3 is 0 Å². The molecule has 19 heavy (non-hydrogen) atoms. The lowest BCUT2D eigenvalue weighted by Gasteiger charge is -2.03. The van der Waals surface area contributed by atoms with Gasteiger partial charge in [0.1, 0.15) is 0 Å². The number of aryl methyl sites for hydroxylation is 1. The first kappa shape index (κ1) is 20.2. The van der Waals surface area contributed by atoms with Gasteiger partial charge in [0.15, 0.2) is 0 Å². The molecule has 1 aromatic rings. The van der Waals surface area contributed by atoms with Crippen LogP contribution < -0.4 is 0 Å². The Morgan fingerprint density at radius 3 is 1.74 bits per heavy atom. The van der Waals surface area contributed by atoms with Crippen molar-refractivity contribution < 1.29 is 0 Å². The molecule has 0 heterocycles. The zero-order chi connectivity index (χ0) is 15.3. The van der Waals surface area contributed by atoms with Gasteiger partial charge in [0.2, 0.25) is 0 Å². The van der Waals surface area contributed by atoms with E-state index >= 15 is 0 Å². The van der Waals surface area contributed by atoms with Crippen molar-refractivity contribution in [3.05, 3.63) is 42.0 Å². The lowest BCUT2D eigenvalue weighted by molar-refractivity contribution is 0.408. The summed E-state index contributed by atoms with van der Waals surface area (Å²) in [5.74, 6) is 0. The van der Waals surface area contributed by atoms with Crippen LogP contribution in [0.5, 0.6) is 0 Å². The normalized spacial score (nSPS) is 9.05. The summed E-state index contributed by atoms with van der Waals surface area (Å²) in [6.07, 6.45) is 2.36. The van der Waals surface area contributed by atoms with E-state index in [4.69, 9.17) is 0 Å². The molecule has 0 aromatic heterocycles. The molecule has 1 rings (SSSR count). The molecular weight excluding hydrogens is 230 g/mol. The third-order valence-corrected chi connectivity index (χ3v) is 2.53. The van der Waals surface area contributed by atoms with Crippen LogP contribution in [0.3, 0.4) is 0 Å². The van der Waals surface area contributed by atoms with Crippen LogP contribution in [0.15, 0.2) is 30.8 Å². The second-order valence-corrected chi connectivity index (χ2v) is 4.63. The third-order valence-electron chi connectivity index (χ3n) is 2.53. The van der Waals surface area contributed by atoms with Crippen LogP contribution >= 0.6 is 0 Å². The van der Waals surface area contributed by atoms with E-state index in [0.717, 1.165) is 12.0 Å². The molecule has 0 aliphatic carbocycles. The van der Waals surface area contributed by atoms with Crippen LogP contribution in [0.25, 0.3) is 5.57 Å². The van der Waals surface area contributed by atoms with Crippen LogP contribution in [0.2, 0.25) is 0 Å². The third kappa shape index (κ3) is 11.7. The first-order valence-corrected chi connectivity index (χ1v) is 7.40. The van der Waals surface area contributed by atoms with Gasteiger partial charge in [-0.05, 0) is 51.5 Å². The molecule has 0 aliphatic heterocycles. The van der Waals surface area contributed by atoms with Gasteiger partial charge in [-0.25, -0.2) is 0 Å². The second-order valence-electron chi connectivity index (χ2n) is 4.63. The highest BCUT2D eigenvalue weighted by Gasteiger charge is 1.91. The maximum absolute atomic E-state index is 3.88. The minimum atomic E-state index is 1.11. The monoisotopic (exact) mass is 263 g/mol. The Hall–Kier alpha value is -1.08. The molecule has 0 amide bonds. The molecule has 0 aliphatic rings. The fraction of sp³-hybridized carbons (Fsp3) is 0.556. The van der Waals surface area contributed by atoms with E-state index in [2.05, 4.69) is 63.7 Å². The Kier molecular flexibility index (Phi) is 14.2. The van der Waals surface area contributed by atoms with Crippen LogP contribution in [0.1, 0.15) is 52.2 Å². The van der Waals surface area contributed by atoms with Crippen molar-refractivity contribution in [2.75, 3.05) is 20.6 Å². The summed E-state index contributed by atoms with van der Waals surface area (Å²) in [5.41, 5.74) is 3.75. The quantitative estimate of drug-likeness (QED) is 0.715. The highest BCUT2D eigenvalue weighted by atomic mass is 15.0. The summed E-state index contributed by atoms with van der Waals surface area (Å²) in [6.45, 7) is 15.5. The van der Waals surface area contributed by atoms with E-state index in [1.54, 1.807) is 0 Å². The number of nitrogens with zero attached hydrogens (tertiary/aromatic N) is 1. The van der Waals surface area contributed by atoms with Crippen molar-refractivity contribution >= 4 is 5.57 Å². The molecule has 0 saturated heterocycles. The highest BCUT2D eigenvalue weighted by molar-refractivity contribution is 5.61. The molecule has 0 saturated carbocycles. The van der Waals surface area contributed by atoms with E-state index in [9.17, 15) is 0 Å². The number of hydrogen-bond donors (Lipinski definition) is 0. The number of allylic oxidation sites excluding steroid dienone is 1. The van der Waals surface area contributed by atoms with Crippen LogP contribution in [-0.4, -0.2) is 25.5 Å². The maximum atomic E-state index is 3.88. The number of benzene rings is 1. The minimum Gasteiger partial charge on any atom is -0.309 e.